The van der Waals surface area contributed by atoms with E-state index in [1.165, 1.54) is 33.7 Å². The van der Waals surface area contributed by atoms with Crippen LogP contribution in [0.5, 0.6) is 17.2 Å². The molecule has 0 radical (unpaired) electrons. The zero-order valence-corrected chi connectivity index (χ0v) is 12.5. The molecule has 0 atom stereocenters. The van der Waals surface area contributed by atoms with Gasteiger partial charge in [0.05, 0.1) is 32.6 Å². The van der Waals surface area contributed by atoms with Crippen LogP contribution in [0, 0.1) is 0 Å². The molecule has 0 aliphatic carbocycles. The maximum Gasteiger partial charge on any atom is 0.221 e. The summed E-state index contributed by atoms with van der Waals surface area (Å²) in [5.74, 6) is 1.89. The summed E-state index contributed by atoms with van der Waals surface area (Å²) in [6, 6.07) is 3.43. The topological polar surface area (TPSA) is 118 Å². The Morgan fingerprint density at radius 1 is 1.05 bits per heavy atom. The second-order valence-electron chi connectivity index (χ2n) is 4.21. The number of hydrogen-bond donors (Lipinski definition) is 2. The third-order valence-electron chi connectivity index (χ3n) is 2.87. The number of benzene rings is 1. The minimum Gasteiger partial charge on any atom is -0.493 e. The van der Waals surface area contributed by atoms with E-state index >= 15 is 0 Å². The van der Waals surface area contributed by atoms with E-state index in [2.05, 4.69) is 15.0 Å². The van der Waals surface area contributed by atoms with Gasteiger partial charge in [-0.3, -0.25) is 4.99 Å². The zero-order valence-electron chi connectivity index (χ0n) is 12.5. The fourth-order valence-corrected chi connectivity index (χ4v) is 1.80. The van der Waals surface area contributed by atoms with Crippen molar-refractivity contribution in [3.8, 4) is 17.2 Å². The third-order valence-corrected chi connectivity index (χ3v) is 2.87. The van der Waals surface area contributed by atoms with Crippen molar-refractivity contribution in [1.29, 1.82) is 0 Å². The molecule has 0 saturated carbocycles. The van der Waals surface area contributed by atoms with E-state index in [4.69, 9.17) is 25.7 Å². The van der Waals surface area contributed by atoms with Crippen molar-refractivity contribution in [2.75, 3.05) is 32.8 Å². The largest absolute Gasteiger partial charge is 0.493 e. The summed E-state index contributed by atoms with van der Waals surface area (Å²) < 4.78 is 15.8. The van der Waals surface area contributed by atoms with Gasteiger partial charge in [-0.15, -0.1) is 0 Å². The Labute approximate surface area is 127 Å². The Hall–Kier alpha value is -3.03. The van der Waals surface area contributed by atoms with E-state index < -0.39 is 0 Å². The number of ether oxygens (including phenoxy) is 3. The average Bonchev–Trinajstić information content (AvgIpc) is 2.52. The summed E-state index contributed by atoms with van der Waals surface area (Å²) in [7, 11) is 4.61. The minimum atomic E-state index is 0.113. The molecule has 0 bridgehead atoms. The van der Waals surface area contributed by atoms with Gasteiger partial charge in [0.1, 0.15) is 5.82 Å². The summed E-state index contributed by atoms with van der Waals surface area (Å²) in [5.41, 5.74) is 12.4. The van der Waals surface area contributed by atoms with E-state index in [0.717, 1.165) is 0 Å². The summed E-state index contributed by atoms with van der Waals surface area (Å²) in [6.07, 6.45) is 3.04. The van der Waals surface area contributed by atoms with Gasteiger partial charge < -0.3 is 25.7 Å². The van der Waals surface area contributed by atoms with Crippen molar-refractivity contribution in [1.82, 2.24) is 9.97 Å². The number of rotatable bonds is 5. The number of aromatic nitrogens is 2. The first-order valence-corrected chi connectivity index (χ1v) is 6.31. The average molecular weight is 303 g/mol. The molecule has 8 heteroatoms. The standard InChI is InChI=1S/C14H17N5O3/c1-20-10-4-9(5-11(21-2)12(10)22-3)17-6-8-7-18-14(16)19-13(8)15/h4-7H,1-3H3,(H4,15,16,18,19). The first-order valence-electron chi connectivity index (χ1n) is 6.31. The van der Waals surface area contributed by atoms with Gasteiger partial charge in [0.15, 0.2) is 11.5 Å². The fourth-order valence-electron chi connectivity index (χ4n) is 1.80. The SMILES string of the molecule is COc1cc(N=Cc2cnc(N)nc2N)cc(OC)c1OC. The lowest BCUT2D eigenvalue weighted by Gasteiger charge is -2.12. The number of hydrogen-bond acceptors (Lipinski definition) is 8. The lowest BCUT2D eigenvalue weighted by molar-refractivity contribution is 0.324. The predicted molar refractivity (Wildman–Crippen MR) is 84.2 cm³/mol. The second-order valence-corrected chi connectivity index (χ2v) is 4.21. The van der Waals surface area contributed by atoms with Gasteiger partial charge in [-0.2, -0.15) is 4.98 Å². The van der Waals surface area contributed by atoms with E-state index in [1.807, 2.05) is 0 Å². The molecule has 2 rings (SSSR count). The molecule has 4 N–H and O–H groups in total. The van der Waals surface area contributed by atoms with Crippen LogP contribution in [-0.4, -0.2) is 37.5 Å². The Kier molecular flexibility index (Phi) is 4.62. The highest BCUT2D eigenvalue weighted by Gasteiger charge is 2.12. The van der Waals surface area contributed by atoms with Gasteiger partial charge >= 0.3 is 0 Å². The monoisotopic (exact) mass is 303 g/mol. The maximum atomic E-state index is 5.75. The van der Waals surface area contributed by atoms with Crippen molar-refractivity contribution in [2.45, 2.75) is 0 Å². The van der Waals surface area contributed by atoms with Crippen LogP contribution in [0.15, 0.2) is 23.3 Å². The van der Waals surface area contributed by atoms with Gasteiger partial charge in [0, 0.05) is 24.5 Å². The van der Waals surface area contributed by atoms with Crippen LogP contribution in [0.25, 0.3) is 0 Å². The van der Waals surface area contributed by atoms with Crippen molar-refractivity contribution in [3.05, 3.63) is 23.9 Å². The lowest BCUT2D eigenvalue weighted by Crippen LogP contribution is -2.02. The third kappa shape index (κ3) is 3.17. The van der Waals surface area contributed by atoms with Crippen LogP contribution < -0.4 is 25.7 Å². The van der Waals surface area contributed by atoms with Gasteiger partial charge in [-0.05, 0) is 0 Å². The molecule has 1 aromatic heterocycles. The highest BCUT2D eigenvalue weighted by molar-refractivity contribution is 5.87. The number of methoxy groups -OCH3 is 3. The van der Waals surface area contributed by atoms with Gasteiger partial charge in [-0.25, -0.2) is 4.98 Å². The van der Waals surface area contributed by atoms with Crippen LogP contribution in [0.2, 0.25) is 0 Å². The van der Waals surface area contributed by atoms with Gasteiger partial charge in [0.2, 0.25) is 11.7 Å². The van der Waals surface area contributed by atoms with Crippen LogP contribution >= 0.6 is 0 Å². The quantitative estimate of drug-likeness (QED) is 0.802. The summed E-state index contributed by atoms with van der Waals surface area (Å²) in [4.78, 5) is 12.1. The number of aliphatic imine (C=N–C) groups is 1. The molecule has 1 heterocycles. The van der Waals surface area contributed by atoms with E-state index in [9.17, 15) is 0 Å². The molecule has 0 aliphatic heterocycles. The minimum absolute atomic E-state index is 0.113. The van der Waals surface area contributed by atoms with Crippen molar-refractivity contribution >= 4 is 23.7 Å². The lowest BCUT2D eigenvalue weighted by atomic mass is 10.2. The van der Waals surface area contributed by atoms with Gasteiger partial charge in [0.25, 0.3) is 0 Å². The van der Waals surface area contributed by atoms with Crippen LogP contribution in [-0.2, 0) is 0 Å². The smallest absolute Gasteiger partial charge is 0.221 e. The molecule has 2 aromatic rings. The highest BCUT2D eigenvalue weighted by Crippen LogP contribution is 2.40. The highest BCUT2D eigenvalue weighted by atomic mass is 16.5. The van der Waals surface area contributed by atoms with E-state index in [0.29, 0.717) is 28.5 Å². The molecule has 0 saturated heterocycles. The molecule has 116 valence electrons. The number of nitrogen functional groups attached to an aromatic ring is 2. The Morgan fingerprint density at radius 2 is 1.68 bits per heavy atom. The molecule has 22 heavy (non-hydrogen) atoms. The molecule has 0 amide bonds. The first kappa shape index (κ1) is 15.4. The Balaban J connectivity index is 2.38. The van der Waals surface area contributed by atoms with E-state index in [-0.39, 0.29) is 11.8 Å². The summed E-state index contributed by atoms with van der Waals surface area (Å²) in [5, 5.41) is 0. The Bertz CT molecular complexity index is 678. The summed E-state index contributed by atoms with van der Waals surface area (Å²) in [6.45, 7) is 0. The second kappa shape index (κ2) is 6.61. The normalized spacial score (nSPS) is 10.7. The van der Waals surface area contributed by atoms with E-state index in [1.54, 1.807) is 12.1 Å². The Morgan fingerprint density at radius 3 is 2.18 bits per heavy atom. The van der Waals surface area contributed by atoms with Crippen molar-refractivity contribution < 1.29 is 14.2 Å². The molecule has 0 unspecified atom stereocenters. The number of anilines is 2. The molecule has 1 aromatic carbocycles. The van der Waals surface area contributed by atoms with Crippen LogP contribution in [0.4, 0.5) is 17.5 Å². The van der Waals surface area contributed by atoms with Gasteiger partial charge in [-0.1, -0.05) is 0 Å². The summed E-state index contributed by atoms with van der Waals surface area (Å²) >= 11 is 0. The molecular weight excluding hydrogens is 286 g/mol. The molecule has 8 nitrogen and oxygen atoms in total. The first-order chi connectivity index (χ1) is 10.6. The predicted octanol–water partition coefficient (Wildman–Crippen LogP) is 1.42. The van der Waals surface area contributed by atoms with Crippen LogP contribution in [0.1, 0.15) is 5.56 Å². The van der Waals surface area contributed by atoms with Crippen molar-refractivity contribution in [3.63, 3.8) is 0 Å². The maximum absolute atomic E-state index is 5.75. The zero-order chi connectivity index (χ0) is 16.1. The molecule has 0 aliphatic rings. The number of nitrogens with zero attached hydrogens (tertiary/aromatic N) is 3. The molecular formula is C14H17N5O3. The molecule has 0 spiro atoms. The number of nitrogens with two attached hydrogens (primary N) is 2. The van der Waals surface area contributed by atoms with Crippen molar-refractivity contribution in [2.24, 2.45) is 4.99 Å². The molecule has 0 fully saturated rings. The van der Waals surface area contributed by atoms with Crippen LogP contribution in [0.3, 0.4) is 0 Å². The fraction of sp³-hybridized carbons (Fsp3) is 0.214.